The zero-order valence-corrected chi connectivity index (χ0v) is 15.4. The lowest BCUT2D eigenvalue weighted by atomic mass is 10.1. The predicted molar refractivity (Wildman–Crippen MR) is 101 cm³/mol. The van der Waals surface area contributed by atoms with Crippen LogP contribution in [-0.4, -0.2) is 57.7 Å². The summed E-state index contributed by atoms with van der Waals surface area (Å²) in [6.07, 6.45) is 8.54. The second-order valence-electron chi connectivity index (χ2n) is 5.73. The molecule has 0 bridgehead atoms. The smallest absolute Gasteiger partial charge is 0.152 e. The van der Waals surface area contributed by atoms with Crippen LogP contribution in [0.15, 0.2) is 27.4 Å². The molecule has 0 saturated carbocycles. The fraction of sp³-hybridized carbons (Fsp3) is 0.750. The van der Waals surface area contributed by atoms with Crippen LogP contribution in [0, 0.1) is 0 Å². The largest absolute Gasteiger partial charge is 0.389 e. The number of aliphatic imine (C=N–C) groups is 1. The molecule has 0 amide bonds. The molecule has 2 heterocycles. The van der Waals surface area contributed by atoms with Gasteiger partial charge < -0.3 is 10.0 Å². The molecule has 0 spiro atoms. The molecule has 1 N–H and O–H groups in total. The van der Waals surface area contributed by atoms with E-state index in [2.05, 4.69) is 26.2 Å². The van der Waals surface area contributed by atoms with E-state index in [1.54, 1.807) is 0 Å². The summed E-state index contributed by atoms with van der Waals surface area (Å²) in [6.45, 7) is 3.49. The third-order valence-electron chi connectivity index (χ3n) is 4.02. The van der Waals surface area contributed by atoms with Crippen molar-refractivity contribution in [2.45, 2.75) is 51.2 Å². The first-order valence-electron chi connectivity index (χ1n) is 8.35. The molecule has 2 aliphatic rings. The van der Waals surface area contributed by atoms with Gasteiger partial charge in [0.15, 0.2) is 6.67 Å². The van der Waals surface area contributed by atoms with Crippen molar-refractivity contribution in [3.63, 3.8) is 0 Å². The van der Waals surface area contributed by atoms with E-state index in [0.29, 0.717) is 12.7 Å². The average molecular weight is 355 g/mol. The van der Waals surface area contributed by atoms with Crippen LogP contribution < -0.4 is 0 Å². The minimum Gasteiger partial charge on any atom is -0.389 e. The zero-order valence-electron chi connectivity index (χ0n) is 13.7. The summed E-state index contributed by atoms with van der Waals surface area (Å²) in [4.78, 5) is 7.58. The first kappa shape index (κ1) is 18.5. The molecule has 2 rings (SSSR count). The molecular formula is C16H26N4OS2. The van der Waals surface area contributed by atoms with E-state index in [0.717, 1.165) is 61.0 Å². The minimum atomic E-state index is -0.337. The molecule has 128 valence electrons. The monoisotopic (exact) mass is 354 g/mol. The number of rotatable bonds is 10. The maximum absolute atomic E-state index is 9.67. The fourth-order valence-corrected chi connectivity index (χ4v) is 3.85. The van der Waals surface area contributed by atoms with Gasteiger partial charge in [-0.05, 0) is 25.0 Å². The Kier molecular flexibility index (Phi) is 8.19. The van der Waals surface area contributed by atoms with Crippen molar-refractivity contribution in [3.05, 3.63) is 12.2 Å². The van der Waals surface area contributed by atoms with Gasteiger partial charge in [-0.1, -0.05) is 31.3 Å². The summed E-state index contributed by atoms with van der Waals surface area (Å²) in [5.74, 6) is 3.09. The molecule has 23 heavy (non-hydrogen) atoms. The number of likely N-dealkylation sites (tertiary alicyclic amines) is 1. The quantitative estimate of drug-likeness (QED) is 0.371. The zero-order chi connectivity index (χ0) is 16.5. The molecular weight excluding hydrogens is 328 g/mol. The van der Waals surface area contributed by atoms with Crippen LogP contribution in [0.2, 0.25) is 0 Å². The molecule has 0 aromatic heterocycles. The maximum Gasteiger partial charge on any atom is 0.152 e. The highest BCUT2D eigenvalue weighted by atomic mass is 32.2. The summed E-state index contributed by atoms with van der Waals surface area (Å²) < 4.78 is 0. The van der Waals surface area contributed by atoms with Gasteiger partial charge in [0.1, 0.15) is 5.84 Å². The summed E-state index contributed by atoms with van der Waals surface area (Å²) in [5, 5.41) is 17.5. The molecule has 1 fully saturated rings. The molecule has 1 saturated heterocycles. The number of azo groups is 1. The highest BCUT2D eigenvalue weighted by Crippen LogP contribution is 2.22. The molecule has 7 heteroatoms. The minimum absolute atomic E-state index is 0.337. The SMILES string of the molecule is CC[C@H](O)/C=C/[C@H]1CCC(=S)N1CCSCCCC1=NCN=N1. The van der Waals surface area contributed by atoms with Gasteiger partial charge in [-0.15, -0.1) is 5.11 Å². The van der Waals surface area contributed by atoms with Gasteiger partial charge in [0.2, 0.25) is 0 Å². The first-order valence-corrected chi connectivity index (χ1v) is 9.91. The van der Waals surface area contributed by atoms with Crippen LogP contribution in [0.1, 0.15) is 39.0 Å². The van der Waals surface area contributed by atoms with Gasteiger partial charge in [-0.2, -0.15) is 16.9 Å². The molecule has 0 radical (unpaired) electrons. The first-order chi connectivity index (χ1) is 11.2. The van der Waals surface area contributed by atoms with Crippen molar-refractivity contribution >= 4 is 34.8 Å². The van der Waals surface area contributed by atoms with Crippen molar-refractivity contribution in [2.24, 2.45) is 15.2 Å². The van der Waals surface area contributed by atoms with Crippen molar-refractivity contribution < 1.29 is 5.11 Å². The van der Waals surface area contributed by atoms with Gasteiger partial charge in [-0.3, -0.25) is 0 Å². The molecule has 0 aromatic rings. The van der Waals surface area contributed by atoms with E-state index >= 15 is 0 Å². The number of thioether (sulfide) groups is 1. The Labute approximate surface area is 148 Å². The highest BCUT2D eigenvalue weighted by molar-refractivity contribution is 7.99. The van der Waals surface area contributed by atoms with Gasteiger partial charge in [-0.25, -0.2) is 4.99 Å². The normalized spacial score (nSPS) is 22.3. The standard InChI is InChI=1S/C16H26N4OS2/c1-2-14(21)7-5-13-6-8-16(22)20(13)9-11-23-10-3-4-15-17-12-18-19-15/h5,7,13-14,21H,2-4,6,8-12H2,1H3/b7-5+/t13-,14-/m0/s1. The van der Waals surface area contributed by atoms with Gasteiger partial charge >= 0.3 is 0 Å². The second-order valence-corrected chi connectivity index (χ2v) is 7.42. The Balaban J connectivity index is 1.63. The van der Waals surface area contributed by atoms with Crippen LogP contribution in [-0.2, 0) is 0 Å². The van der Waals surface area contributed by atoms with E-state index in [1.165, 1.54) is 0 Å². The van der Waals surface area contributed by atoms with Crippen molar-refractivity contribution in [2.75, 3.05) is 24.7 Å². The number of aliphatic hydroxyl groups excluding tert-OH is 1. The maximum atomic E-state index is 9.67. The lowest BCUT2D eigenvalue weighted by Gasteiger charge is -2.24. The summed E-state index contributed by atoms with van der Waals surface area (Å²) >= 11 is 7.44. The third-order valence-corrected chi connectivity index (χ3v) is 5.50. The lowest BCUT2D eigenvalue weighted by Crippen LogP contribution is -2.33. The molecule has 2 aliphatic heterocycles. The number of hydrogen-bond acceptors (Lipinski definition) is 6. The molecule has 0 aliphatic carbocycles. The number of thiocarbonyl (C=S) groups is 1. The molecule has 2 atom stereocenters. The van der Waals surface area contributed by atoms with Crippen LogP contribution >= 0.6 is 24.0 Å². The highest BCUT2D eigenvalue weighted by Gasteiger charge is 2.25. The Morgan fingerprint density at radius 1 is 1.48 bits per heavy atom. The summed E-state index contributed by atoms with van der Waals surface area (Å²) in [6, 6.07) is 0.359. The number of hydrogen-bond donors (Lipinski definition) is 1. The van der Waals surface area contributed by atoms with E-state index in [-0.39, 0.29) is 6.10 Å². The summed E-state index contributed by atoms with van der Waals surface area (Å²) in [7, 11) is 0. The van der Waals surface area contributed by atoms with E-state index < -0.39 is 0 Å². The van der Waals surface area contributed by atoms with E-state index in [1.807, 2.05) is 24.8 Å². The molecule has 5 nitrogen and oxygen atoms in total. The fourth-order valence-electron chi connectivity index (χ4n) is 2.62. The van der Waals surface area contributed by atoms with Crippen LogP contribution in [0.25, 0.3) is 0 Å². The van der Waals surface area contributed by atoms with Crippen molar-refractivity contribution in [3.8, 4) is 0 Å². The number of nitrogens with zero attached hydrogens (tertiary/aromatic N) is 4. The Morgan fingerprint density at radius 3 is 3.09 bits per heavy atom. The second kappa shape index (κ2) is 10.2. The molecule has 0 unspecified atom stereocenters. The predicted octanol–water partition coefficient (Wildman–Crippen LogP) is 3.44. The Hall–Kier alpha value is -0.790. The average Bonchev–Trinajstić information content (AvgIpc) is 3.19. The van der Waals surface area contributed by atoms with Gasteiger partial charge in [0.05, 0.1) is 11.1 Å². The number of amidine groups is 1. The van der Waals surface area contributed by atoms with Crippen LogP contribution in [0.3, 0.4) is 0 Å². The third kappa shape index (κ3) is 6.31. The Bertz CT molecular complexity index is 479. The van der Waals surface area contributed by atoms with Gasteiger partial charge in [0, 0.05) is 31.2 Å². The van der Waals surface area contributed by atoms with Crippen LogP contribution in [0.4, 0.5) is 0 Å². The topological polar surface area (TPSA) is 60.5 Å². The molecule has 0 aromatic carbocycles. The van der Waals surface area contributed by atoms with E-state index in [9.17, 15) is 5.11 Å². The lowest BCUT2D eigenvalue weighted by molar-refractivity contribution is 0.218. The van der Waals surface area contributed by atoms with Crippen LogP contribution in [0.5, 0.6) is 0 Å². The van der Waals surface area contributed by atoms with Crippen molar-refractivity contribution in [1.82, 2.24) is 4.90 Å². The van der Waals surface area contributed by atoms with Gasteiger partial charge in [0.25, 0.3) is 0 Å². The number of aliphatic hydroxyl groups is 1. The van der Waals surface area contributed by atoms with E-state index in [4.69, 9.17) is 12.2 Å². The Morgan fingerprint density at radius 2 is 2.35 bits per heavy atom. The van der Waals surface area contributed by atoms with Crippen molar-refractivity contribution in [1.29, 1.82) is 0 Å². The summed E-state index contributed by atoms with van der Waals surface area (Å²) in [5.41, 5.74) is 0.